The van der Waals surface area contributed by atoms with E-state index in [1.807, 2.05) is 41.3 Å². The summed E-state index contributed by atoms with van der Waals surface area (Å²) in [5, 5.41) is 0. The number of primary amides is 1. The van der Waals surface area contributed by atoms with E-state index in [0.717, 1.165) is 37.1 Å². The smallest absolute Gasteiger partial charge is 0.253 e. The molecular formula is C19H20N2O2. The quantitative estimate of drug-likeness (QED) is 0.947. The van der Waals surface area contributed by atoms with E-state index >= 15 is 0 Å². The highest BCUT2D eigenvalue weighted by Crippen LogP contribution is 2.25. The van der Waals surface area contributed by atoms with Crippen LogP contribution >= 0.6 is 0 Å². The molecular weight excluding hydrogens is 288 g/mol. The van der Waals surface area contributed by atoms with Gasteiger partial charge in [0.15, 0.2) is 0 Å². The molecule has 23 heavy (non-hydrogen) atoms. The Morgan fingerprint density at radius 1 is 0.913 bits per heavy atom. The van der Waals surface area contributed by atoms with E-state index in [0.29, 0.717) is 11.1 Å². The molecule has 3 rings (SSSR count). The first-order valence-electron chi connectivity index (χ1n) is 7.95. The predicted octanol–water partition coefficient (Wildman–Crippen LogP) is 3.08. The van der Waals surface area contributed by atoms with E-state index in [1.54, 1.807) is 12.1 Å². The summed E-state index contributed by atoms with van der Waals surface area (Å²) in [7, 11) is 0. The summed E-state index contributed by atoms with van der Waals surface area (Å²) in [5.41, 5.74) is 8.12. The topological polar surface area (TPSA) is 63.4 Å². The van der Waals surface area contributed by atoms with Gasteiger partial charge in [0.05, 0.1) is 0 Å². The second-order valence-corrected chi connectivity index (χ2v) is 5.84. The number of nitrogens with two attached hydrogens (primary N) is 1. The van der Waals surface area contributed by atoms with Gasteiger partial charge in [-0.05, 0) is 42.5 Å². The minimum Gasteiger partial charge on any atom is -0.366 e. The molecule has 0 radical (unpaired) electrons. The number of piperidine rings is 1. The zero-order chi connectivity index (χ0) is 16.2. The Bertz CT molecular complexity index is 719. The highest BCUT2D eigenvalue weighted by molar-refractivity contribution is 6.03. The summed E-state index contributed by atoms with van der Waals surface area (Å²) in [5.74, 6) is -0.538. The minimum atomic E-state index is -0.517. The maximum absolute atomic E-state index is 12.6. The second-order valence-electron chi connectivity index (χ2n) is 5.84. The standard InChI is InChI=1S/C19H20N2O2/c20-18(22)17-13-15(19(23)21-11-5-2-6-12-21)9-10-16(17)14-7-3-1-4-8-14/h1,3-4,7-10,13H,2,5-6,11-12H2,(H2,20,22). The van der Waals surface area contributed by atoms with Gasteiger partial charge in [0.25, 0.3) is 5.91 Å². The number of rotatable bonds is 3. The average molecular weight is 308 g/mol. The van der Waals surface area contributed by atoms with Crippen LogP contribution in [0.1, 0.15) is 40.0 Å². The molecule has 0 bridgehead atoms. The number of benzene rings is 2. The fourth-order valence-electron chi connectivity index (χ4n) is 3.03. The Hall–Kier alpha value is -2.62. The van der Waals surface area contributed by atoms with Crippen LogP contribution in [0.2, 0.25) is 0 Å². The maximum Gasteiger partial charge on any atom is 0.253 e. The number of hydrogen-bond acceptors (Lipinski definition) is 2. The molecule has 1 aliphatic heterocycles. The van der Waals surface area contributed by atoms with Crippen LogP contribution in [0.3, 0.4) is 0 Å². The lowest BCUT2D eigenvalue weighted by atomic mass is 9.96. The van der Waals surface area contributed by atoms with Crippen LogP contribution in [-0.2, 0) is 0 Å². The van der Waals surface area contributed by atoms with Gasteiger partial charge in [-0.15, -0.1) is 0 Å². The lowest BCUT2D eigenvalue weighted by molar-refractivity contribution is 0.0724. The van der Waals surface area contributed by atoms with Crippen molar-refractivity contribution in [3.8, 4) is 11.1 Å². The van der Waals surface area contributed by atoms with E-state index < -0.39 is 5.91 Å². The number of carbonyl (C=O) groups is 2. The van der Waals surface area contributed by atoms with Crippen LogP contribution in [-0.4, -0.2) is 29.8 Å². The zero-order valence-electron chi connectivity index (χ0n) is 13.0. The van der Waals surface area contributed by atoms with Gasteiger partial charge in [0.2, 0.25) is 5.91 Å². The maximum atomic E-state index is 12.6. The first-order valence-corrected chi connectivity index (χ1v) is 7.95. The summed E-state index contributed by atoms with van der Waals surface area (Å²) >= 11 is 0. The fourth-order valence-corrected chi connectivity index (χ4v) is 3.03. The molecule has 0 saturated carbocycles. The Kier molecular flexibility index (Phi) is 4.42. The third-order valence-electron chi connectivity index (χ3n) is 4.26. The molecule has 0 unspecified atom stereocenters. The third-order valence-corrected chi connectivity index (χ3v) is 4.26. The normalized spacial score (nSPS) is 14.5. The van der Waals surface area contributed by atoms with Crippen molar-refractivity contribution >= 4 is 11.8 Å². The zero-order valence-corrected chi connectivity index (χ0v) is 13.0. The van der Waals surface area contributed by atoms with Gasteiger partial charge in [0.1, 0.15) is 0 Å². The third kappa shape index (κ3) is 3.26. The predicted molar refractivity (Wildman–Crippen MR) is 90.2 cm³/mol. The van der Waals surface area contributed by atoms with Crippen LogP contribution in [0.4, 0.5) is 0 Å². The summed E-state index contributed by atoms with van der Waals surface area (Å²) in [6.45, 7) is 1.57. The van der Waals surface area contributed by atoms with Crippen molar-refractivity contribution < 1.29 is 9.59 Å². The van der Waals surface area contributed by atoms with Crippen LogP contribution in [0, 0.1) is 0 Å². The van der Waals surface area contributed by atoms with Crippen molar-refractivity contribution in [2.75, 3.05) is 13.1 Å². The SMILES string of the molecule is NC(=O)c1cc(C(=O)N2CCCCC2)ccc1-c1ccccc1. The van der Waals surface area contributed by atoms with Gasteiger partial charge in [0, 0.05) is 24.2 Å². The van der Waals surface area contributed by atoms with Crippen LogP contribution < -0.4 is 5.73 Å². The largest absolute Gasteiger partial charge is 0.366 e. The fraction of sp³-hybridized carbons (Fsp3) is 0.263. The van der Waals surface area contributed by atoms with E-state index in [9.17, 15) is 9.59 Å². The lowest BCUT2D eigenvalue weighted by Crippen LogP contribution is -2.35. The summed E-state index contributed by atoms with van der Waals surface area (Å²) in [6.07, 6.45) is 3.25. The monoisotopic (exact) mass is 308 g/mol. The van der Waals surface area contributed by atoms with Gasteiger partial charge in [-0.25, -0.2) is 0 Å². The molecule has 0 aliphatic carbocycles. The van der Waals surface area contributed by atoms with Crippen LogP contribution in [0.25, 0.3) is 11.1 Å². The Labute approximate surface area is 135 Å². The van der Waals surface area contributed by atoms with Gasteiger partial charge in [-0.1, -0.05) is 36.4 Å². The molecule has 2 N–H and O–H groups in total. The summed E-state index contributed by atoms with van der Waals surface area (Å²) in [6, 6.07) is 14.8. The highest BCUT2D eigenvalue weighted by Gasteiger charge is 2.20. The van der Waals surface area contributed by atoms with Crippen molar-refractivity contribution in [1.82, 2.24) is 4.90 Å². The van der Waals surface area contributed by atoms with Crippen molar-refractivity contribution in [2.45, 2.75) is 19.3 Å². The van der Waals surface area contributed by atoms with Crippen molar-refractivity contribution in [2.24, 2.45) is 5.73 Å². The summed E-state index contributed by atoms with van der Waals surface area (Å²) in [4.78, 5) is 26.3. The van der Waals surface area contributed by atoms with E-state index in [2.05, 4.69) is 0 Å². The van der Waals surface area contributed by atoms with Crippen LogP contribution in [0.15, 0.2) is 48.5 Å². The van der Waals surface area contributed by atoms with Crippen molar-refractivity contribution in [1.29, 1.82) is 0 Å². The molecule has 118 valence electrons. The van der Waals surface area contributed by atoms with E-state index in [1.165, 1.54) is 6.42 Å². The number of amides is 2. The highest BCUT2D eigenvalue weighted by atomic mass is 16.2. The van der Waals surface area contributed by atoms with E-state index in [4.69, 9.17) is 5.73 Å². The molecule has 1 fully saturated rings. The van der Waals surface area contributed by atoms with Gasteiger partial charge in [-0.3, -0.25) is 9.59 Å². The molecule has 0 spiro atoms. The Balaban J connectivity index is 1.96. The summed E-state index contributed by atoms with van der Waals surface area (Å²) < 4.78 is 0. The lowest BCUT2D eigenvalue weighted by Gasteiger charge is -2.27. The molecule has 2 amide bonds. The van der Waals surface area contributed by atoms with E-state index in [-0.39, 0.29) is 5.91 Å². The minimum absolute atomic E-state index is 0.0215. The Morgan fingerprint density at radius 3 is 2.26 bits per heavy atom. The molecule has 2 aromatic carbocycles. The number of carbonyl (C=O) groups excluding carboxylic acids is 2. The molecule has 2 aromatic rings. The first kappa shape index (κ1) is 15.3. The molecule has 1 heterocycles. The number of likely N-dealkylation sites (tertiary alicyclic amines) is 1. The first-order chi connectivity index (χ1) is 11.2. The molecule has 1 saturated heterocycles. The average Bonchev–Trinajstić information content (AvgIpc) is 2.62. The van der Waals surface area contributed by atoms with Crippen molar-refractivity contribution in [3.05, 3.63) is 59.7 Å². The number of hydrogen-bond donors (Lipinski definition) is 1. The molecule has 0 atom stereocenters. The molecule has 0 aromatic heterocycles. The second kappa shape index (κ2) is 6.65. The van der Waals surface area contributed by atoms with Gasteiger partial charge < -0.3 is 10.6 Å². The Morgan fingerprint density at radius 2 is 1.61 bits per heavy atom. The van der Waals surface area contributed by atoms with Crippen LogP contribution in [0.5, 0.6) is 0 Å². The van der Waals surface area contributed by atoms with Gasteiger partial charge in [-0.2, -0.15) is 0 Å². The number of nitrogens with zero attached hydrogens (tertiary/aromatic N) is 1. The molecule has 1 aliphatic rings. The van der Waals surface area contributed by atoms with Crippen molar-refractivity contribution in [3.63, 3.8) is 0 Å². The molecule has 4 nitrogen and oxygen atoms in total. The van der Waals surface area contributed by atoms with Gasteiger partial charge >= 0.3 is 0 Å². The molecule has 4 heteroatoms.